The van der Waals surface area contributed by atoms with E-state index in [0.717, 1.165) is 26.3 Å². The quantitative estimate of drug-likeness (QED) is 0.700. The standard InChI is InChI=1S/C12H26N2O/c1-2-3-5-12(13)6-4-7-14-8-10-15-11-9-14/h12H,2-11,13H2,1H3. The molecule has 1 heterocycles. The van der Waals surface area contributed by atoms with Crippen LogP contribution in [0.15, 0.2) is 0 Å². The van der Waals surface area contributed by atoms with Crippen molar-refractivity contribution in [3.05, 3.63) is 0 Å². The Balaban J connectivity index is 1.94. The summed E-state index contributed by atoms with van der Waals surface area (Å²) in [7, 11) is 0. The van der Waals surface area contributed by atoms with Gasteiger partial charge in [-0.15, -0.1) is 0 Å². The van der Waals surface area contributed by atoms with Crippen LogP contribution in [0.5, 0.6) is 0 Å². The van der Waals surface area contributed by atoms with Crippen LogP contribution in [-0.4, -0.2) is 43.8 Å². The fourth-order valence-electron chi connectivity index (χ4n) is 2.01. The van der Waals surface area contributed by atoms with E-state index in [4.69, 9.17) is 10.5 Å². The van der Waals surface area contributed by atoms with Gasteiger partial charge in [0.15, 0.2) is 0 Å². The van der Waals surface area contributed by atoms with E-state index in [1.165, 1.54) is 38.6 Å². The number of nitrogens with zero attached hydrogens (tertiary/aromatic N) is 1. The Morgan fingerprint density at radius 3 is 2.53 bits per heavy atom. The van der Waals surface area contributed by atoms with E-state index in [2.05, 4.69) is 11.8 Å². The second-order valence-corrected chi connectivity index (χ2v) is 4.50. The Hall–Kier alpha value is -0.120. The van der Waals surface area contributed by atoms with Crippen LogP contribution in [0, 0.1) is 0 Å². The van der Waals surface area contributed by atoms with Crippen LogP contribution in [-0.2, 0) is 4.74 Å². The molecular weight excluding hydrogens is 188 g/mol. The molecule has 1 fully saturated rings. The van der Waals surface area contributed by atoms with Gasteiger partial charge in [-0.1, -0.05) is 19.8 Å². The first-order chi connectivity index (χ1) is 7.33. The molecule has 3 nitrogen and oxygen atoms in total. The first-order valence-electron chi connectivity index (χ1n) is 6.38. The monoisotopic (exact) mass is 214 g/mol. The molecule has 2 N–H and O–H groups in total. The molecule has 0 radical (unpaired) electrons. The first-order valence-corrected chi connectivity index (χ1v) is 6.38. The predicted octanol–water partition coefficient (Wildman–Crippen LogP) is 1.62. The van der Waals surface area contributed by atoms with Crippen molar-refractivity contribution >= 4 is 0 Å². The highest BCUT2D eigenvalue weighted by atomic mass is 16.5. The summed E-state index contributed by atoms with van der Waals surface area (Å²) >= 11 is 0. The second kappa shape index (κ2) is 8.08. The average molecular weight is 214 g/mol. The van der Waals surface area contributed by atoms with Crippen molar-refractivity contribution in [2.45, 2.75) is 45.1 Å². The summed E-state index contributed by atoms with van der Waals surface area (Å²) in [5, 5.41) is 0. The van der Waals surface area contributed by atoms with E-state index >= 15 is 0 Å². The molecule has 1 rings (SSSR count). The molecular formula is C12H26N2O. The van der Waals surface area contributed by atoms with Crippen LogP contribution >= 0.6 is 0 Å². The highest BCUT2D eigenvalue weighted by Gasteiger charge is 2.10. The zero-order valence-electron chi connectivity index (χ0n) is 10.1. The number of nitrogens with two attached hydrogens (primary N) is 1. The molecule has 0 amide bonds. The van der Waals surface area contributed by atoms with E-state index in [0.29, 0.717) is 6.04 Å². The summed E-state index contributed by atoms with van der Waals surface area (Å²) < 4.78 is 5.31. The third-order valence-corrected chi connectivity index (χ3v) is 3.08. The number of hydrogen-bond acceptors (Lipinski definition) is 3. The number of ether oxygens (including phenoxy) is 1. The molecule has 1 unspecified atom stereocenters. The van der Waals surface area contributed by atoms with Crippen LogP contribution in [0.25, 0.3) is 0 Å². The fraction of sp³-hybridized carbons (Fsp3) is 1.00. The third-order valence-electron chi connectivity index (χ3n) is 3.08. The summed E-state index contributed by atoms with van der Waals surface area (Å²) in [5.41, 5.74) is 6.03. The molecule has 0 bridgehead atoms. The highest BCUT2D eigenvalue weighted by Crippen LogP contribution is 2.06. The fourth-order valence-corrected chi connectivity index (χ4v) is 2.01. The van der Waals surface area contributed by atoms with Crippen molar-refractivity contribution < 1.29 is 4.74 Å². The minimum absolute atomic E-state index is 0.422. The van der Waals surface area contributed by atoms with E-state index in [1.54, 1.807) is 0 Å². The lowest BCUT2D eigenvalue weighted by atomic mass is 10.1. The van der Waals surface area contributed by atoms with Crippen molar-refractivity contribution in [2.24, 2.45) is 5.73 Å². The van der Waals surface area contributed by atoms with Crippen molar-refractivity contribution in [1.29, 1.82) is 0 Å². The van der Waals surface area contributed by atoms with Crippen molar-refractivity contribution in [1.82, 2.24) is 4.90 Å². The maximum atomic E-state index is 6.03. The van der Waals surface area contributed by atoms with Gasteiger partial charge in [-0.3, -0.25) is 4.90 Å². The molecule has 0 aliphatic carbocycles. The van der Waals surface area contributed by atoms with Gasteiger partial charge in [-0.05, 0) is 25.8 Å². The molecule has 90 valence electrons. The van der Waals surface area contributed by atoms with Crippen LogP contribution in [0.1, 0.15) is 39.0 Å². The molecule has 0 aromatic carbocycles. The molecule has 3 heteroatoms. The molecule has 1 atom stereocenters. The number of morpholine rings is 1. The van der Waals surface area contributed by atoms with Crippen molar-refractivity contribution in [3.63, 3.8) is 0 Å². The molecule has 1 aliphatic rings. The Kier molecular flexibility index (Phi) is 6.98. The summed E-state index contributed by atoms with van der Waals surface area (Å²) in [6, 6.07) is 0.422. The molecule has 0 saturated carbocycles. The van der Waals surface area contributed by atoms with Gasteiger partial charge in [0.2, 0.25) is 0 Å². The highest BCUT2D eigenvalue weighted by molar-refractivity contribution is 4.65. The average Bonchev–Trinajstić information content (AvgIpc) is 2.28. The van der Waals surface area contributed by atoms with Gasteiger partial charge < -0.3 is 10.5 Å². The second-order valence-electron chi connectivity index (χ2n) is 4.50. The lowest BCUT2D eigenvalue weighted by Crippen LogP contribution is -2.37. The van der Waals surface area contributed by atoms with E-state index in [9.17, 15) is 0 Å². The minimum Gasteiger partial charge on any atom is -0.379 e. The normalized spacial score (nSPS) is 20.4. The zero-order chi connectivity index (χ0) is 10.9. The molecule has 15 heavy (non-hydrogen) atoms. The molecule has 1 aliphatic heterocycles. The van der Waals surface area contributed by atoms with E-state index in [1.807, 2.05) is 0 Å². The van der Waals surface area contributed by atoms with Gasteiger partial charge in [0.1, 0.15) is 0 Å². The van der Waals surface area contributed by atoms with Crippen molar-refractivity contribution in [3.8, 4) is 0 Å². The van der Waals surface area contributed by atoms with Gasteiger partial charge >= 0.3 is 0 Å². The maximum absolute atomic E-state index is 6.03. The Morgan fingerprint density at radius 1 is 1.20 bits per heavy atom. The zero-order valence-corrected chi connectivity index (χ0v) is 10.1. The third kappa shape index (κ3) is 6.13. The van der Waals surface area contributed by atoms with Gasteiger partial charge in [-0.2, -0.15) is 0 Å². The SMILES string of the molecule is CCCCC(N)CCCN1CCOCC1. The molecule has 0 aromatic heterocycles. The summed E-state index contributed by atoms with van der Waals surface area (Å²) in [6.07, 6.45) is 6.15. The van der Waals surface area contributed by atoms with Gasteiger partial charge in [0.25, 0.3) is 0 Å². The predicted molar refractivity (Wildman–Crippen MR) is 64.0 cm³/mol. The maximum Gasteiger partial charge on any atom is 0.0594 e. The number of rotatable bonds is 7. The van der Waals surface area contributed by atoms with E-state index < -0.39 is 0 Å². The smallest absolute Gasteiger partial charge is 0.0594 e. The Labute approximate surface area is 94.0 Å². The number of unbranched alkanes of at least 4 members (excludes halogenated alkanes) is 1. The summed E-state index contributed by atoms with van der Waals surface area (Å²) in [5.74, 6) is 0. The summed E-state index contributed by atoms with van der Waals surface area (Å²) in [6.45, 7) is 7.43. The molecule has 0 spiro atoms. The Bertz CT molecular complexity index is 147. The molecule has 1 saturated heterocycles. The topological polar surface area (TPSA) is 38.5 Å². The van der Waals surface area contributed by atoms with Gasteiger partial charge in [0.05, 0.1) is 13.2 Å². The van der Waals surface area contributed by atoms with Crippen molar-refractivity contribution in [2.75, 3.05) is 32.8 Å². The van der Waals surface area contributed by atoms with Crippen LogP contribution in [0.4, 0.5) is 0 Å². The number of hydrogen-bond donors (Lipinski definition) is 1. The van der Waals surface area contributed by atoms with Crippen LogP contribution in [0.2, 0.25) is 0 Å². The minimum atomic E-state index is 0.422. The van der Waals surface area contributed by atoms with Gasteiger partial charge in [0, 0.05) is 19.1 Å². The summed E-state index contributed by atoms with van der Waals surface area (Å²) in [4.78, 5) is 2.48. The Morgan fingerprint density at radius 2 is 1.87 bits per heavy atom. The lowest BCUT2D eigenvalue weighted by molar-refractivity contribution is 0.0370. The van der Waals surface area contributed by atoms with Crippen LogP contribution < -0.4 is 5.73 Å². The lowest BCUT2D eigenvalue weighted by Gasteiger charge is -2.26. The largest absolute Gasteiger partial charge is 0.379 e. The van der Waals surface area contributed by atoms with E-state index in [-0.39, 0.29) is 0 Å². The molecule has 0 aromatic rings. The van der Waals surface area contributed by atoms with Crippen LogP contribution in [0.3, 0.4) is 0 Å². The first kappa shape index (κ1) is 12.9. The van der Waals surface area contributed by atoms with Gasteiger partial charge in [-0.25, -0.2) is 0 Å².